The molecule has 2 bridgehead atoms. The lowest BCUT2D eigenvalue weighted by Crippen LogP contribution is -2.50. The summed E-state index contributed by atoms with van der Waals surface area (Å²) in [6.07, 6.45) is 6.34. The van der Waals surface area contributed by atoms with Crippen molar-refractivity contribution >= 4 is 70.2 Å². The van der Waals surface area contributed by atoms with Gasteiger partial charge in [-0.15, -0.1) is 11.3 Å². The largest absolute Gasteiger partial charge is 0.465 e. The summed E-state index contributed by atoms with van der Waals surface area (Å²) in [7, 11) is 2.15. The number of aromatic nitrogens is 4. The molecule has 3 aromatic heterocycles. The number of thiazole rings is 1. The summed E-state index contributed by atoms with van der Waals surface area (Å²) in [4.78, 5) is 42.3. The van der Waals surface area contributed by atoms with E-state index in [-0.39, 0.29) is 24.0 Å². The van der Waals surface area contributed by atoms with Crippen LogP contribution in [-0.4, -0.2) is 88.4 Å². The highest BCUT2D eigenvalue weighted by Crippen LogP contribution is 2.42. The zero-order valence-electron chi connectivity index (χ0n) is 25.6. The number of carbonyl (C=O) groups is 2. The van der Waals surface area contributed by atoms with E-state index < -0.39 is 14.2 Å². The standard InChI is InChI=1S/C30H38ClN7O4SSi/c1-36(2)29(39)28-34-22-9-8-20(24(31)26(22)43-28)21-15-37(16-42-10-11-44(3,4)5)27-25(21)32-14-23(35-27)38-18-6-7-19(38)13-17(12-18)33-30(40)41/h8-9,14-15,17-19,33H,6-7,10-13,16H2,1-5H3,(H,40,41)/t17?,18-,19+. The number of nitrogens with one attached hydrogen (secondary N) is 1. The van der Waals surface area contributed by atoms with Gasteiger partial charge in [-0.3, -0.25) is 4.79 Å². The van der Waals surface area contributed by atoms with Crippen LogP contribution in [0.15, 0.2) is 24.5 Å². The Hall–Kier alpha value is -3.26. The third kappa shape index (κ3) is 6.02. The van der Waals surface area contributed by atoms with Gasteiger partial charge < -0.3 is 29.5 Å². The Labute approximate surface area is 266 Å². The molecule has 1 unspecified atom stereocenters. The van der Waals surface area contributed by atoms with Crippen LogP contribution in [-0.2, 0) is 11.5 Å². The Kier molecular flexibility index (Phi) is 8.33. The van der Waals surface area contributed by atoms with Gasteiger partial charge in [0, 0.05) is 64.2 Å². The number of benzene rings is 1. The van der Waals surface area contributed by atoms with E-state index >= 15 is 0 Å². The summed E-state index contributed by atoms with van der Waals surface area (Å²) in [6, 6.07) is 5.23. The van der Waals surface area contributed by atoms with Crippen molar-refractivity contribution < 1.29 is 19.4 Å². The molecule has 2 N–H and O–H groups in total. The van der Waals surface area contributed by atoms with E-state index in [2.05, 4.69) is 34.8 Å². The van der Waals surface area contributed by atoms with E-state index in [4.69, 9.17) is 26.3 Å². The molecule has 4 aromatic rings. The Morgan fingerprint density at radius 3 is 2.55 bits per heavy atom. The second-order valence-electron chi connectivity index (χ2n) is 13.2. The number of fused-ring (bicyclic) bond motifs is 4. The molecule has 2 amide bonds. The van der Waals surface area contributed by atoms with Gasteiger partial charge in [-0.05, 0) is 37.8 Å². The highest BCUT2D eigenvalue weighted by Gasteiger charge is 2.42. The second-order valence-corrected chi connectivity index (χ2v) is 20.2. The van der Waals surface area contributed by atoms with Crippen molar-refractivity contribution in [3.63, 3.8) is 0 Å². The second kappa shape index (κ2) is 11.9. The molecule has 0 spiro atoms. The number of carbonyl (C=O) groups excluding carboxylic acids is 1. The van der Waals surface area contributed by atoms with E-state index in [9.17, 15) is 14.7 Å². The van der Waals surface area contributed by atoms with Crippen molar-refractivity contribution in [3.8, 4) is 11.1 Å². The normalized spacial score (nSPS) is 20.0. The number of hydrogen-bond acceptors (Lipinski definition) is 8. The van der Waals surface area contributed by atoms with Crippen molar-refractivity contribution in [1.29, 1.82) is 0 Å². The molecular formula is C30H38ClN7O4SSi. The molecule has 0 aliphatic carbocycles. The van der Waals surface area contributed by atoms with Crippen LogP contribution in [0.3, 0.4) is 0 Å². The van der Waals surface area contributed by atoms with Gasteiger partial charge in [-0.1, -0.05) is 37.3 Å². The Balaban J connectivity index is 1.38. The van der Waals surface area contributed by atoms with Crippen molar-refractivity contribution in [2.24, 2.45) is 0 Å². The molecule has 0 radical (unpaired) electrons. The van der Waals surface area contributed by atoms with Gasteiger partial charge in [0.05, 0.1) is 21.4 Å². The fourth-order valence-electron chi connectivity index (χ4n) is 6.29. The lowest BCUT2D eigenvalue weighted by molar-refractivity contribution is 0.0827. The van der Waals surface area contributed by atoms with E-state index in [0.717, 1.165) is 53.4 Å². The van der Waals surface area contributed by atoms with Crippen LogP contribution in [0, 0.1) is 0 Å². The minimum Gasteiger partial charge on any atom is -0.465 e. The number of rotatable bonds is 9. The number of nitrogens with zero attached hydrogens (tertiary/aromatic N) is 6. The molecule has 2 aliphatic heterocycles. The zero-order chi connectivity index (χ0) is 31.3. The van der Waals surface area contributed by atoms with Crippen molar-refractivity contribution in [2.45, 2.75) is 76.2 Å². The number of amides is 2. The topological polar surface area (TPSA) is 126 Å². The minimum absolute atomic E-state index is 0.0505. The van der Waals surface area contributed by atoms with Crippen LogP contribution in [0.25, 0.3) is 32.5 Å². The zero-order valence-corrected chi connectivity index (χ0v) is 28.2. The first kappa shape index (κ1) is 30.7. The number of piperidine rings is 1. The maximum absolute atomic E-state index is 12.6. The summed E-state index contributed by atoms with van der Waals surface area (Å²) in [5.74, 6) is 0.633. The molecule has 2 aliphatic rings. The summed E-state index contributed by atoms with van der Waals surface area (Å²) < 4.78 is 8.92. The van der Waals surface area contributed by atoms with Crippen molar-refractivity contribution in [2.75, 3.05) is 25.6 Å². The van der Waals surface area contributed by atoms with Crippen molar-refractivity contribution in [1.82, 2.24) is 29.7 Å². The van der Waals surface area contributed by atoms with Crippen LogP contribution >= 0.6 is 22.9 Å². The number of carboxylic acid groups (broad SMARTS) is 1. The van der Waals surface area contributed by atoms with E-state index in [1.54, 1.807) is 14.1 Å². The molecule has 2 fully saturated rings. The fraction of sp³-hybridized carbons (Fsp3) is 0.500. The Morgan fingerprint density at radius 2 is 1.89 bits per heavy atom. The Morgan fingerprint density at radius 1 is 1.16 bits per heavy atom. The number of anilines is 1. The summed E-state index contributed by atoms with van der Waals surface area (Å²) in [6.45, 7) is 7.99. The molecule has 234 valence electrons. The van der Waals surface area contributed by atoms with E-state index in [1.807, 2.05) is 29.1 Å². The van der Waals surface area contributed by atoms with Crippen LogP contribution in [0.4, 0.5) is 10.6 Å². The first-order chi connectivity index (χ1) is 20.9. The molecule has 5 heterocycles. The molecule has 1 aromatic carbocycles. The molecule has 6 rings (SSSR count). The van der Waals surface area contributed by atoms with Gasteiger partial charge >= 0.3 is 6.09 Å². The number of ether oxygens (including phenoxy) is 1. The van der Waals surface area contributed by atoms with E-state index in [0.29, 0.717) is 40.0 Å². The van der Waals surface area contributed by atoms with Gasteiger partial charge in [0.2, 0.25) is 0 Å². The lowest BCUT2D eigenvalue weighted by Gasteiger charge is -2.39. The number of hydrogen-bond donors (Lipinski definition) is 2. The summed E-state index contributed by atoms with van der Waals surface area (Å²) in [5.41, 5.74) is 3.73. The predicted molar refractivity (Wildman–Crippen MR) is 177 cm³/mol. The maximum Gasteiger partial charge on any atom is 0.404 e. The average molecular weight is 656 g/mol. The van der Waals surface area contributed by atoms with Gasteiger partial charge in [-0.25, -0.2) is 19.7 Å². The minimum atomic E-state index is -1.26. The van der Waals surface area contributed by atoms with E-state index in [1.165, 1.54) is 16.2 Å². The third-order valence-corrected chi connectivity index (χ3v) is 11.8. The Bertz CT molecular complexity index is 1720. The molecule has 2 saturated heterocycles. The fourth-order valence-corrected chi connectivity index (χ4v) is 8.45. The van der Waals surface area contributed by atoms with Crippen LogP contribution < -0.4 is 10.2 Å². The summed E-state index contributed by atoms with van der Waals surface area (Å²) >= 11 is 8.30. The monoisotopic (exact) mass is 655 g/mol. The lowest BCUT2D eigenvalue weighted by atomic mass is 9.97. The van der Waals surface area contributed by atoms with Crippen molar-refractivity contribution in [3.05, 3.63) is 34.6 Å². The van der Waals surface area contributed by atoms with Gasteiger partial charge in [0.15, 0.2) is 10.7 Å². The maximum atomic E-state index is 12.6. The molecule has 11 nitrogen and oxygen atoms in total. The highest BCUT2D eigenvalue weighted by atomic mass is 35.5. The third-order valence-electron chi connectivity index (χ3n) is 8.48. The molecule has 0 saturated carbocycles. The molecular weight excluding hydrogens is 618 g/mol. The van der Waals surface area contributed by atoms with Gasteiger partial charge in [0.25, 0.3) is 5.91 Å². The number of halogens is 1. The van der Waals surface area contributed by atoms with Gasteiger partial charge in [0.1, 0.15) is 18.1 Å². The molecule has 44 heavy (non-hydrogen) atoms. The summed E-state index contributed by atoms with van der Waals surface area (Å²) in [5, 5.41) is 12.9. The SMILES string of the molecule is CN(C)C(=O)c1nc2ccc(-c3cn(COCC[Si](C)(C)C)c4nc(N5[C@@H]6CC[C@H]5CC(NC(=O)O)C6)cnc34)c(Cl)c2s1. The van der Waals surface area contributed by atoms with Crippen LogP contribution in [0.1, 0.15) is 35.5 Å². The quantitative estimate of drug-likeness (QED) is 0.163. The first-order valence-electron chi connectivity index (χ1n) is 14.9. The first-order valence-corrected chi connectivity index (χ1v) is 19.8. The van der Waals surface area contributed by atoms with Crippen LogP contribution in [0.5, 0.6) is 0 Å². The smallest absolute Gasteiger partial charge is 0.404 e. The molecule has 3 atom stereocenters. The molecule has 14 heteroatoms. The average Bonchev–Trinajstić information content (AvgIpc) is 3.62. The van der Waals surface area contributed by atoms with Crippen LogP contribution in [0.2, 0.25) is 30.7 Å². The van der Waals surface area contributed by atoms with Gasteiger partial charge in [-0.2, -0.15) is 0 Å². The predicted octanol–water partition coefficient (Wildman–Crippen LogP) is 6.14. The highest BCUT2D eigenvalue weighted by molar-refractivity contribution is 7.21.